The first-order valence-electron chi connectivity index (χ1n) is 8.87. The van der Waals surface area contributed by atoms with Gasteiger partial charge in [-0.25, -0.2) is 0 Å². The fourth-order valence-corrected chi connectivity index (χ4v) is 2.19. The van der Waals surface area contributed by atoms with E-state index in [9.17, 15) is 0 Å². The Kier molecular flexibility index (Phi) is 23.2. The van der Waals surface area contributed by atoms with Crippen LogP contribution in [0.3, 0.4) is 0 Å². The topological polar surface area (TPSA) is 18.5 Å². The van der Waals surface area contributed by atoms with E-state index in [1.807, 2.05) is 0 Å². The molecule has 0 bridgehead atoms. The summed E-state index contributed by atoms with van der Waals surface area (Å²) in [6.07, 6.45) is 14.5. The van der Waals surface area contributed by atoms with E-state index in [0.717, 1.165) is 32.5 Å². The van der Waals surface area contributed by atoms with Gasteiger partial charge in [-0.3, -0.25) is 0 Å². The third-order valence-corrected chi connectivity index (χ3v) is 3.54. The minimum atomic E-state index is 0. The largest absolute Gasteiger partial charge is 1.00 e. The van der Waals surface area contributed by atoms with E-state index in [4.69, 9.17) is 9.47 Å². The first-order valence-corrected chi connectivity index (χ1v) is 8.87. The predicted molar refractivity (Wildman–Crippen MR) is 87.8 cm³/mol. The minimum absolute atomic E-state index is 0. The van der Waals surface area contributed by atoms with Crippen molar-refractivity contribution in [3.8, 4) is 0 Å². The van der Waals surface area contributed by atoms with E-state index in [1.54, 1.807) is 0 Å². The minimum Gasteiger partial charge on any atom is -0.353 e. The fourth-order valence-electron chi connectivity index (χ4n) is 2.19. The third kappa shape index (κ3) is 18.5. The summed E-state index contributed by atoms with van der Waals surface area (Å²) in [5.74, 6) is 0. The van der Waals surface area contributed by atoms with Gasteiger partial charge >= 0.3 is 18.9 Å². The van der Waals surface area contributed by atoms with Crippen LogP contribution in [-0.4, -0.2) is 19.5 Å². The van der Waals surface area contributed by atoms with E-state index in [1.165, 1.54) is 57.8 Å². The molecule has 0 aliphatic rings. The van der Waals surface area contributed by atoms with Crippen LogP contribution in [0.4, 0.5) is 0 Å². The number of unbranched alkanes of at least 4 members (excludes halogenated alkanes) is 8. The monoisotopic (exact) mass is 292 g/mol. The molecule has 0 rings (SSSR count). The average Bonchev–Trinajstić information content (AvgIpc) is 2.46. The molecule has 0 atom stereocenters. The van der Waals surface area contributed by atoms with Crippen LogP contribution >= 0.6 is 0 Å². The van der Waals surface area contributed by atoms with Crippen LogP contribution in [-0.2, 0) is 9.47 Å². The van der Waals surface area contributed by atoms with Gasteiger partial charge in [-0.2, -0.15) is 6.42 Å². The average molecular weight is 292 g/mol. The van der Waals surface area contributed by atoms with Gasteiger partial charge in [-0.15, -0.1) is 0 Å². The molecule has 0 radical (unpaired) electrons. The molecule has 0 amide bonds. The number of hydrogen-bond donors (Lipinski definition) is 0. The van der Waals surface area contributed by atoms with Crippen molar-refractivity contribution >= 4 is 0 Å². The molecule has 0 aromatic heterocycles. The summed E-state index contributed by atoms with van der Waals surface area (Å²) in [6, 6.07) is 0. The predicted octanol–water partition coefficient (Wildman–Crippen LogP) is 2.90. The quantitative estimate of drug-likeness (QED) is 0.188. The van der Waals surface area contributed by atoms with Crippen molar-refractivity contribution in [2.24, 2.45) is 0 Å². The molecule has 0 N–H and O–H groups in total. The van der Waals surface area contributed by atoms with E-state index in [-0.39, 0.29) is 25.2 Å². The standard InChI is InChI=1S/C18H37O2.Li/c1-4-7-10-13-16-19-18(15-12-9-6-3)20-17-14-11-8-5-2;/h18H,3-17H2,1-2H3;/q-1;+1. The molecule has 21 heavy (non-hydrogen) atoms. The van der Waals surface area contributed by atoms with Crippen molar-refractivity contribution in [3.05, 3.63) is 6.92 Å². The maximum Gasteiger partial charge on any atom is 1.00 e. The normalized spacial score (nSPS) is 10.9. The van der Waals surface area contributed by atoms with Crippen LogP contribution in [0.15, 0.2) is 0 Å². The summed E-state index contributed by atoms with van der Waals surface area (Å²) >= 11 is 0. The molecule has 0 aromatic carbocycles. The van der Waals surface area contributed by atoms with Gasteiger partial charge < -0.3 is 16.4 Å². The molecule has 0 aromatic rings. The van der Waals surface area contributed by atoms with Crippen LogP contribution in [0, 0.1) is 6.92 Å². The maximum atomic E-state index is 5.90. The Balaban J connectivity index is 0. The van der Waals surface area contributed by atoms with Gasteiger partial charge in [0.05, 0.1) is 0 Å². The van der Waals surface area contributed by atoms with Gasteiger partial charge in [-0.05, 0) is 19.3 Å². The first-order chi connectivity index (χ1) is 9.85. The van der Waals surface area contributed by atoms with Crippen molar-refractivity contribution < 1.29 is 28.3 Å². The van der Waals surface area contributed by atoms with Crippen molar-refractivity contribution in [1.29, 1.82) is 0 Å². The van der Waals surface area contributed by atoms with Gasteiger partial charge in [-0.1, -0.05) is 65.2 Å². The van der Waals surface area contributed by atoms with Crippen LogP contribution in [0.5, 0.6) is 0 Å². The maximum absolute atomic E-state index is 5.90. The zero-order valence-corrected chi connectivity index (χ0v) is 15.0. The van der Waals surface area contributed by atoms with Crippen LogP contribution < -0.4 is 18.9 Å². The van der Waals surface area contributed by atoms with Crippen LogP contribution in [0.2, 0.25) is 0 Å². The van der Waals surface area contributed by atoms with Crippen LogP contribution in [0.1, 0.15) is 90.9 Å². The van der Waals surface area contributed by atoms with Gasteiger partial charge in [0.2, 0.25) is 0 Å². The van der Waals surface area contributed by atoms with Gasteiger partial charge in [0, 0.05) is 13.2 Å². The van der Waals surface area contributed by atoms with E-state index < -0.39 is 0 Å². The summed E-state index contributed by atoms with van der Waals surface area (Å²) in [6.45, 7) is 10.1. The van der Waals surface area contributed by atoms with Gasteiger partial charge in [0.1, 0.15) is 0 Å². The molecule has 0 fully saturated rings. The molecule has 2 nitrogen and oxygen atoms in total. The Morgan fingerprint density at radius 1 is 0.714 bits per heavy atom. The number of hydrogen-bond acceptors (Lipinski definition) is 2. The summed E-state index contributed by atoms with van der Waals surface area (Å²) in [5, 5.41) is 0. The number of ether oxygens (including phenoxy) is 2. The van der Waals surface area contributed by atoms with Gasteiger partial charge in [0.15, 0.2) is 6.29 Å². The molecular weight excluding hydrogens is 255 g/mol. The SMILES string of the molecule is [CH2-]CCCCC(OCCCCCC)OCCCCCC.[Li+]. The van der Waals surface area contributed by atoms with Crippen molar-refractivity contribution in [1.82, 2.24) is 0 Å². The fraction of sp³-hybridized carbons (Fsp3) is 0.944. The van der Waals surface area contributed by atoms with E-state index in [0.29, 0.717) is 0 Å². The Bertz CT molecular complexity index is 163. The van der Waals surface area contributed by atoms with Crippen molar-refractivity contribution in [3.63, 3.8) is 0 Å². The second-order valence-electron chi connectivity index (χ2n) is 5.64. The zero-order chi connectivity index (χ0) is 14.9. The Morgan fingerprint density at radius 3 is 1.67 bits per heavy atom. The Hall–Kier alpha value is 0.517. The molecule has 0 saturated carbocycles. The van der Waals surface area contributed by atoms with Crippen molar-refractivity contribution in [2.75, 3.05) is 13.2 Å². The molecular formula is C18H37LiO2. The molecule has 3 heteroatoms. The summed E-state index contributed by atoms with van der Waals surface area (Å²) in [7, 11) is 0. The third-order valence-electron chi connectivity index (χ3n) is 3.54. The van der Waals surface area contributed by atoms with Crippen molar-refractivity contribution in [2.45, 2.75) is 97.2 Å². The molecule has 122 valence electrons. The van der Waals surface area contributed by atoms with E-state index >= 15 is 0 Å². The Labute approximate surface area is 145 Å². The molecule has 0 saturated heterocycles. The van der Waals surface area contributed by atoms with Crippen LogP contribution in [0.25, 0.3) is 0 Å². The van der Waals surface area contributed by atoms with Gasteiger partial charge in [0.25, 0.3) is 0 Å². The second-order valence-corrected chi connectivity index (χ2v) is 5.64. The van der Waals surface area contributed by atoms with E-state index in [2.05, 4.69) is 20.8 Å². The molecule has 0 heterocycles. The smallest absolute Gasteiger partial charge is 0.353 e. The molecule has 0 unspecified atom stereocenters. The molecule has 0 aliphatic heterocycles. The first kappa shape index (κ1) is 23.8. The molecule has 0 spiro atoms. The number of rotatable bonds is 16. The summed E-state index contributed by atoms with van der Waals surface area (Å²) in [5.41, 5.74) is 0. The Morgan fingerprint density at radius 2 is 1.24 bits per heavy atom. The zero-order valence-electron chi connectivity index (χ0n) is 15.0. The molecule has 0 aliphatic carbocycles. The second kappa shape index (κ2) is 20.5. The summed E-state index contributed by atoms with van der Waals surface area (Å²) in [4.78, 5) is 0. The summed E-state index contributed by atoms with van der Waals surface area (Å²) < 4.78 is 11.8.